The smallest absolute Gasteiger partial charge is 0.322 e. The monoisotopic (exact) mass is 545 g/mol. The van der Waals surface area contributed by atoms with Crippen molar-refractivity contribution in [2.24, 2.45) is 5.73 Å². The van der Waals surface area contributed by atoms with E-state index < -0.39 is 12.0 Å². The number of aromatic nitrogens is 7. The molecule has 2 aromatic heterocycles. The van der Waals surface area contributed by atoms with E-state index in [0.29, 0.717) is 18.2 Å². The summed E-state index contributed by atoms with van der Waals surface area (Å²) >= 11 is 0. The number of aryl methyl sites for hydroxylation is 1. The Bertz CT molecular complexity index is 1380. The van der Waals surface area contributed by atoms with Gasteiger partial charge in [0.2, 0.25) is 11.7 Å². The Kier molecular flexibility index (Phi) is 10.1. The number of tetrazole rings is 1. The molecule has 2 aromatic carbocycles. The van der Waals surface area contributed by atoms with Crippen LogP contribution in [0, 0.1) is 0 Å². The number of aromatic amines is 1. The normalized spacial score (nSPS) is 11.8. The Balaban J connectivity index is 1.40. The molecule has 0 aliphatic rings. The van der Waals surface area contributed by atoms with Crippen molar-refractivity contribution in [1.29, 1.82) is 0 Å². The molecule has 4 rings (SSSR count). The van der Waals surface area contributed by atoms with E-state index >= 15 is 0 Å². The lowest BCUT2D eigenvalue weighted by Crippen LogP contribution is -2.34. The molecule has 12 nitrogen and oxygen atoms in total. The molecule has 0 bridgehead atoms. The lowest BCUT2D eigenvalue weighted by Gasteiger charge is -2.10. The van der Waals surface area contributed by atoms with Gasteiger partial charge in [0.05, 0.1) is 19.7 Å². The minimum Gasteiger partial charge on any atom is -0.465 e. The Hall–Kier alpha value is -4.45. The Morgan fingerprint density at radius 1 is 1.10 bits per heavy atom. The Morgan fingerprint density at radius 2 is 1.88 bits per heavy atom. The molecular formula is C28H35N9O3. The second-order valence-corrected chi connectivity index (χ2v) is 9.36. The fraction of sp³-hybridized carbons (Fsp3) is 0.393. The third kappa shape index (κ3) is 7.56. The minimum atomic E-state index is -0.817. The summed E-state index contributed by atoms with van der Waals surface area (Å²) in [5.41, 5.74) is 9.81. The summed E-state index contributed by atoms with van der Waals surface area (Å²) in [6.45, 7) is 4.86. The van der Waals surface area contributed by atoms with Gasteiger partial charge in [0.25, 0.3) is 0 Å². The van der Waals surface area contributed by atoms with Crippen LogP contribution in [0.15, 0.2) is 48.5 Å². The highest BCUT2D eigenvalue weighted by atomic mass is 16.5. The molecule has 2 heterocycles. The molecule has 4 N–H and O–H groups in total. The number of unbranched alkanes of at least 4 members (excludes halogenated alkanes) is 1. The number of amides is 1. The van der Waals surface area contributed by atoms with E-state index in [4.69, 9.17) is 10.5 Å². The second kappa shape index (κ2) is 14.1. The largest absolute Gasteiger partial charge is 0.465 e. The SMILES string of the molecule is CCCCc1nc(CNC(=O)CCC(N)C(=O)OCC)nn1Cc1ccc(-c2ccccc2-c2nn[nH]n2)cc1. The average Bonchev–Trinajstić information content (AvgIpc) is 3.65. The number of ether oxygens (including phenoxy) is 1. The molecule has 210 valence electrons. The minimum absolute atomic E-state index is 0.117. The topological polar surface area (TPSA) is 167 Å². The molecule has 12 heteroatoms. The third-order valence-corrected chi connectivity index (χ3v) is 6.37. The van der Waals surface area contributed by atoms with Crippen LogP contribution in [0.5, 0.6) is 0 Å². The summed E-state index contributed by atoms with van der Waals surface area (Å²) in [6, 6.07) is 15.4. The van der Waals surface area contributed by atoms with Gasteiger partial charge in [-0.05, 0) is 41.7 Å². The van der Waals surface area contributed by atoms with Crippen molar-refractivity contribution in [3.8, 4) is 22.5 Å². The van der Waals surface area contributed by atoms with Gasteiger partial charge in [0.1, 0.15) is 11.9 Å². The first-order valence-corrected chi connectivity index (χ1v) is 13.5. The van der Waals surface area contributed by atoms with E-state index in [1.807, 2.05) is 28.9 Å². The van der Waals surface area contributed by atoms with Gasteiger partial charge in [-0.2, -0.15) is 10.3 Å². The molecule has 1 amide bonds. The van der Waals surface area contributed by atoms with Crippen molar-refractivity contribution in [2.45, 2.75) is 65.1 Å². The highest BCUT2D eigenvalue weighted by molar-refractivity contribution is 5.80. The molecule has 0 aliphatic heterocycles. The van der Waals surface area contributed by atoms with Crippen molar-refractivity contribution in [1.82, 2.24) is 40.7 Å². The molecular weight excluding hydrogens is 510 g/mol. The van der Waals surface area contributed by atoms with Crippen molar-refractivity contribution in [3.05, 3.63) is 65.7 Å². The van der Waals surface area contributed by atoms with E-state index in [2.05, 4.69) is 67.2 Å². The zero-order valence-electron chi connectivity index (χ0n) is 22.8. The van der Waals surface area contributed by atoms with Crippen molar-refractivity contribution in [2.75, 3.05) is 6.61 Å². The van der Waals surface area contributed by atoms with Gasteiger partial charge in [-0.25, -0.2) is 9.67 Å². The first-order valence-electron chi connectivity index (χ1n) is 13.5. The van der Waals surface area contributed by atoms with Gasteiger partial charge in [-0.1, -0.05) is 61.9 Å². The van der Waals surface area contributed by atoms with Crippen molar-refractivity contribution >= 4 is 11.9 Å². The standard InChI is InChI=1S/C28H35N9O3/c1-3-5-10-25-31-24(17-30-26(38)16-15-23(29)28(39)40-4-2)34-37(25)18-19-11-13-20(14-12-19)21-8-6-7-9-22(21)27-32-35-36-33-27/h6-9,11-14,23H,3-5,10,15-18,29H2,1-2H3,(H,30,38)(H,32,33,35,36). The van der Waals surface area contributed by atoms with E-state index in [9.17, 15) is 9.59 Å². The number of rotatable bonds is 14. The zero-order valence-corrected chi connectivity index (χ0v) is 22.8. The molecule has 0 spiro atoms. The quantitative estimate of drug-likeness (QED) is 0.202. The molecule has 0 aliphatic carbocycles. The molecule has 40 heavy (non-hydrogen) atoms. The number of nitrogens with one attached hydrogen (secondary N) is 2. The van der Waals surface area contributed by atoms with Crippen LogP contribution in [0.25, 0.3) is 22.5 Å². The van der Waals surface area contributed by atoms with E-state index in [1.165, 1.54) is 0 Å². The number of hydrogen-bond acceptors (Lipinski definition) is 9. The predicted octanol–water partition coefficient (Wildman–Crippen LogP) is 2.80. The fourth-order valence-corrected chi connectivity index (χ4v) is 4.24. The number of esters is 1. The average molecular weight is 546 g/mol. The summed E-state index contributed by atoms with van der Waals surface area (Å²) in [5.74, 6) is 1.24. The van der Waals surface area contributed by atoms with Crippen LogP contribution in [0.2, 0.25) is 0 Å². The lowest BCUT2D eigenvalue weighted by molar-refractivity contribution is -0.144. The first-order chi connectivity index (χ1) is 19.5. The third-order valence-electron chi connectivity index (χ3n) is 6.37. The fourth-order valence-electron chi connectivity index (χ4n) is 4.24. The highest BCUT2D eigenvalue weighted by Crippen LogP contribution is 2.29. The van der Waals surface area contributed by atoms with Crippen LogP contribution in [0.1, 0.15) is 56.7 Å². The van der Waals surface area contributed by atoms with Gasteiger partial charge in [0.15, 0.2) is 5.82 Å². The Morgan fingerprint density at radius 3 is 2.58 bits per heavy atom. The van der Waals surface area contributed by atoms with Gasteiger partial charge in [-0.3, -0.25) is 9.59 Å². The van der Waals surface area contributed by atoms with Gasteiger partial charge < -0.3 is 15.8 Å². The van der Waals surface area contributed by atoms with Gasteiger partial charge >= 0.3 is 5.97 Å². The number of benzene rings is 2. The number of nitrogens with zero attached hydrogens (tertiary/aromatic N) is 6. The van der Waals surface area contributed by atoms with Crippen molar-refractivity contribution in [3.63, 3.8) is 0 Å². The molecule has 1 unspecified atom stereocenters. The Labute approximate surface area is 232 Å². The van der Waals surface area contributed by atoms with Crippen LogP contribution < -0.4 is 11.1 Å². The maximum absolute atomic E-state index is 12.3. The summed E-state index contributed by atoms with van der Waals surface area (Å²) in [5, 5.41) is 21.9. The summed E-state index contributed by atoms with van der Waals surface area (Å²) in [4.78, 5) is 28.6. The highest BCUT2D eigenvalue weighted by Gasteiger charge is 2.17. The van der Waals surface area contributed by atoms with E-state index in [0.717, 1.165) is 47.3 Å². The van der Waals surface area contributed by atoms with Crippen LogP contribution in [0.3, 0.4) is 0 Å². The van der Waals surface area contributed by atoms with Gasteiger partial charge in [-0.15, -0.1) is 10.2 Å². The molecule has 0 fully saturated rings. The molecule has 4 aromatic rings. The summed E-state index contributed by atoms with van der Waals surface area (Å²) in [7, 11) is 0. The zero-order chi connectivity index (χ0) is 28.3. The molecule has 0 radical (unpaired) electrons. The number of carbonyl (C=O) groups excluding carboxylic acids is 2. The lowest BCUT2D eigenvalue weighted by atomic mass is 9.98. The summed E-state index contributed by atoms with van der Waals surface area (Å²) < 4.78 is 6.78. The van der Waals surface area contributed by atoms with Crippen LogP contribution in [-0.2, 0) is 33.8 Å². The number of H-pyrrole nitrogens is 1. The number of nitrogens with two attached hydrogens (primary N) is 1. The van der Waals surface area contributed by atoms with E-state index in [1.54, 1.807) is 6.92 Å². The summed E-state index contributed by atoms with van der Waals surface area (Å²) in [6.07, 6.45) is 3.15. The molecule has 1 atom stereocenters. The maximum atomic E-state index is 12.3. The van der Waals surface area contributed by atoms with Gasteiger partial charge in [0, 0.05) is 18.4 Å². The maximum Gasteiger partial charge on any atom is 0.322 e. The first kappa shape index (κ1) is 28.6. The number of carbonyl (C=O) groups is 2. The number of hydrogen-bond donors (Lipinski definition) is 3. The second-order valence-electron chi connectivity index (χ2n) is 9.36. The van der Waals surface area contributed by atoms with Crippen LogP contribution in [0.4, 0.5) is 0 Å². The predicted molar refractivity (Wildman–Crippen MR) is 148 cm³/mol. The molecule has 0 saturated heterocycles. The van der Waals surface area contributed by atoms with E-state index in [-0.39, 0.29) is 31.9 Å². The van der Waals surface area contributed by atoms with Crippen molar-refractivity contribution < 1.29 is 14.3 Å². The van der Waals surface area contributed by atoms with Crippen LogP contribution >= 0.6 is 0 Å². The van der Waals surface area contributed by atoms with Crippen LogP contribution in [-0.4, -0.2) is 59.9 Å². The molecule has 0 saturated carbocycles.